The molecule has 0 aliphatic carbocycles. The minimum atomic E-state index is -0.00445. The van der Waals surface area contributed by atoms with Crippen molar-refractivity contribution in [2.45, 2.75) is 26.3 Å². The van der Waals surface area contributed by atoms with Crippen LogP contribution in [-0.2, 0) is 6.54 Å². The topological polar surface area (TPSA) is 41.4 Å². The van der Waals surface area contributed by atoms with E-state index in [4.69, 9.17) is 11.6 Å². The average Bonchev–Trinajstić information content (AvgIpc) is 3.02. The van der Waals surface area contributed by atoms with E-state index in [9.17, 15) is 4.79 Å². The average molecular weight is 359 g/mol. The lowest BCUT2D eigenvalue weighted by molar-refractivity contribution is -0.0443. The van der Waals surface area contributed by atoms with Crippen LogP contribution in [0.15, 0.2) is 36.7 Å². The van der Waals surface area contributed by atoms with Gasteiger partial charge in [-0.2, -0.15) is 9.78 Å². The Morgan fingerprint density at radius 3 is 2.60 bits per heavy atom. The highest BCUT2D eigenvalue weighted by atomic mass is 35.5. The van der Waals surface area contributed by atoms with Crippen LogP contribution in [0, 0.1) is 12.3 Å². The summed E-state index contributed by atoms with van der Waals surface area (Å²) in [4.78, 5) is 16.9. The van der Waals surface area contributed by atoms with Gasteiger partial charge < -0.3 is 4.90 Å². The summed E-state index contributed by atoms with van der Waals surface area (Å²) in [5.74, 6) is 0. The van der Waals surface area contributed by atoms with E-state index in [0.717, 1.165) is 56.2 Å². The highest BCUT2D eigenvalue weighted by Gasteiger charge is 2.45. The van der Waals surface area contributed by atoms with E-state index in [2.05, 4.69) is 16.1 Å². The van der Waals surface area contributed by atoms with E-state index in [0.29, 0.717) is 5.41 Å². The van der Waals surface area contributed by atoms with Crippen molar-refractivity contribution in [1.29, 1.82) is 0 Å². The van der Waals surface area contributed by atoms with Gasteiger partial charge in [-0.25, -0.2) is 4.79 Å². The number of hydrogen-bond acceptors (Lipinski definition) is 3. The molecule has 0 unspecified atom stereocenters. The third kappa shape index (κ3) is 3.31. The number of nitrogens with zero attached hydrogens (tertiary/aromatic N) is 4. The number of halogens is 1. The fourth-order valence-corrected chi connectivity index (χ4v) is 4.23. The lowest BCUT2D eigenvalue weighted by Gasteiger charge is -2.54. The highest BCUT2D eigenvalue weighted by molar-refractivity contribution is 6.31. The van der Waals surface area contributed by atoms with Gasteiger partial charge in [-0.15, -0.1) is 0 Å². The van der Waals surface area contributed by atoms with Gasteiger partial charge in [0.15, 0.2) is 0 Å². The van der Waals surface area contributed by atoms with Crippen LogP contribution in [-0.4, -0.2) is 51.8 Å². The van der Waals surface area contributed by atoms with Crippen molar-refractivity contribution in [2.75, 3.05) is 26.2 Å². The molecule has 132 valence electrons. The van der Waals surface area contributed by atoms with Crippen molar-refractivity contribution < 1.29 is 4.79 Å². The monoisotopic (exact) mass is 358 g/mol. The smallest absolute Gasteiger partial charge is 0.323 e. The molecule has 4 rings (SSSR count). The molecule has 0 bridgehead atoms. The number of amides is 1. The fourth-order valence-electron chi connectivity index (χ4n) is 4.03. The van der Waals surface area contributed by atoms with Crippen LogP contribution in [0.5, 0.6) is 0 Å². The van der Waals surface area contributed by atoms with E-state index >= 15 is 0 Å². The van der Waals surface area contributed by atoms with Gasteiger partial charge in [0.1, 0.15) is 0 Å². The number of aromatic nitrogens is 2. The zero-order valence-electron chi connectivity index (χ0n) is 14.5. The van der Waals surface area contributed by atoms with Crippen molar-refractivity contribution in [3.05, 3.63) is 52.8 Å². The molecule has 1 spiro atoms. The quantitative estimate of drug-likeness (QED) is 0.826. The molecule has 0 saturated carbocycles. The minimum absolute atomic E-state index is 0.00445. The maximum Gasteiger partial charge on any atom is 0.344 e. The highest BCUT2D eigenvalue weighted by Crippen LogP contribution is 2.41. The van der Waals surface area contributed by atoms with Crippen molar-refractivity contribution >= 4 is 17.6 Å². The summed E-state index contributed by atoms with van der Waals surface area (Å²) < 4.78 is 1.46. The first-order chi connectivity index (χ1) is 12.0. The Kier molecular flexibility index (Phi) is 4.29. The van der Waals surface area contributed by atoms with Crippen LogP contribution in [0.3, 0.4) is 0 Å². The number of aryl methyl sites for hydroxylation is 1. The SMILES string of the molecule is Cc1cnn(C(=O)N2CCC3(CC2)CN(Cc2ccccc2Cl)C3)c1. The van der Waals surface area contributed by atoms with E-state index in [-0.39, 0.29) is 6.03 Å². The standard InChI is InChI=1S/C19H23ClN4O/c1-15-10-21-24(11-15)18(25)23-8-6-19(7-9-23)13-22(14-19)12-16-4-2-3-5-17(16)20/h2-5,10-11H,6-9,12-14H2,1H3. The number of likely N-dealkylation sites (tertiary alicyclic amines) is 2. The molecule has 0 radical (unpaired) electrons. The van der Waals surface area contributed by atoms with E-state index < -0.39 is 0 Å². The van der Waals surface area contributed by atoms with Gasteiger partial charge in [-0.3, -0.25) is 4.90 Å². The molecule has 6 heteroatoms. The third-order valence-electron chi connectivity index (χ3n) is 5.47. The Balaban J connectivity index is 1.30. The number of benzene rings is 1. The van der Waals surface area contributed by atoms with Gasteiger partial charge in [0.05, 0.1) is 6.20 Å². The number of carbonyl (C=O) groups is 1. The lowest BCUT2D eigenvalue weighted by atomic mass is 9.72. The molecular formula is C19H23ClN4O. The van der Waals surface area contributed by atoms with Crippen molar-refractivity contribution in [3.8, 4) is 0 Å². The minimum Gasteiger partial charge on any atom is -0.323 e. The summed E-state index contributed by atoms with van der Waals surface area (Å²) in [6, 6.07) is 8.05. The van der Waals surface area contributed by atoms with Gasteiger partial charge in [-0.1, -0.05) is 29.8 Å². The summed E-state index contributed by atoms with van der Waals surface area (Å²) in [6.45, 7) is 6.69. The van der Waals surface area contributed by atoms with Gasteiger partial charge >= 0.3 is 6.03 Å². The Morgan fingerprint density at radius 2 is 1.96 bits per heavy atom. The van der Waals surface area contributed by atoms with Crippen LogP contribution in [0.25, 0.3) is 0 Å². The third-order valence-corrected chi connectivity index (χ3v) is 5.84. The second-order valence-corrected chi connectivity index (χ2v) is 7.88. The molecule has 1 aromatic heterocycles. The van der Waals surface area contributed by atoms with Crippen LogP contribution < -0.4 is 0 Å². The summed E-state index contributed by atoms with van der Waals surface area (Å²) in [6.07, 6.45) is 5.65. The molecule has 2 aromatic rings. The fraction of sp³-hybridized carbons (Fsp3) is 0.474. The van der Waals surface area contributed by atoms with E-state index in [1.807, 2.05) is 30.0 Å². The first-order valence-corrected chi connectivity index (χ1v) is 9.19. The molecule has 0 N–H and O–H groups in total. The molecule has 2 saturated heterocycles. The summed E-state index contributed by atoms with van der Waals surface area (Å²) in [5, 5.41) is 4.98. The van der Waals surface area contributed by atoms with Crippen molar-refractivity contribution in [3.63, 3.8) is 0 Å². The van der Waals surface area contributed by atoms with Crippen LogP contribution in [0.2, 0.25) is 5.02 Å². The lowest BCUT2D eigenvalue weighted by Crippen LogP contribution is -2.60. The van der Waals surface area contributed by atoms with Crippen LogP contribution >= 0.6 is 11.6 Å². The molecule has 1 aromatic carbocycles. The molecule has 2 aliphatic heterocycles. The summed E-state index contributed by atoms with van der Waals surface area (Å²) >= 11 is 6.26. The second kappa shape index (κ2) is 6.46. The van der Waals surface area contributed by atoms with Gasteiger partial charge in [-0.05, 0) is 42.4 Å². The normalized spacial score (nSPS) is 19.8. The summed E-state index contributed by atoms with van der Waals surface area (Å²) in [5.41, 5.74) is 2.58. The van der Waals surface area contributed by atoms with Gasteiger partial charge in [0.25, 0.3) is 0 Å². The molecule has 3 heterocycles. The van der Waals surface area contributed by atoms with Crippen LogP contribution in [0.4, 0.5) is 4.79 Å². The second-order valence-electron chi connectivity index (χ2n) is 7.47. The Labute approximate surface area is 153 Å². The molecule has 25 heavy (non-hydrogen) atoms. The first kappa shape index (κ1) is 16.6. The Morgan fingerprint density at radius 1 is 1.24 bits per heavy atom. The van der Waals surface area contributed by atoms with Gasteiger partial charge in [0.2, 0.25) is 0 Å². The largest absolute Gasteiger partial charge is 0.344 e. The van der Waals surface area contributed by atoms with E-state index in [1.54, 1.807) is 12.4 Å². The summed E-state index contributed by atoms with van der Waals surface area (Å²) in [7, 11) is 0. The molecule has 1 amide bonds. The Hall–Kier alpha value is -1.85. The molecule has 0 atom stereocenters. The predicted molar refractivity (Wildman–Crippen MR) is 97.7 cm³/mol. The number of rotatable bonds is 2. The number of carbonyl (C=O) groups excluding carboxylic acids is 1. The maximum atomic E-state index is 12.5. The van der Waals surface area contributed by atoms with E-state index in [1.165, 1.54) is 10.2 Å². The zero-order valence-corrected chi connectivity index (χ0v) is 15.2. The number of piperidine rings is 1. The van der Waals surface area contributed by atoms with Gasteiger partial charge in [0, 0.05) is 43.9 Å². The zero-order chi connectivity index (χ0) is 17.4. The van der Waals surface area contributed by atoms with Crippen molar-refractivity contribution in [2.24, 2.45) is 5.41 Å². The van der Waals surface area contributed by atoms with Crippen molar-refractivity contribution in [1.82, 2.24) is 19.6 Å². The van der Waals surface area contributed by atoms with Crippen LogP contribution in [0.1, 0.15) is 24.0 Å². The predicted octanol–water partition coefficient (Wildman–Crippen LogP) is 3.41. The maximum absolute atomic E-state index is 12.5. The molecule has 2 aliphatic rings. The molecule has 5 nitrogen and oxygen atoms in total. The Bertz CT molecular complexity index is 771. The molecule has 2 fully saturated rings. The number of hydrogen-bond donors (Lipinski definition) is 0. The first-order valence-electron chi connectivity index (χ1n) is 8.81. The molecular weight excluding hydrogens is 336 g/mol.